The summed E-state index contributed by atoms with van der Waals surface area (Å²) in [5.74, 6) is 2.90. The van der Waals surface area contributed by atoms with Crippen LogP contribution in [0.5, 0.6) is 0 Å². The molecule has 0 spiro atoms. The molecule has 0 aliphatic heterocycles. The fraction of sp³-hybridized carbons (Fsp3) is 0.360. The molecule has 0 aromatic heterocycles. The van der Waals surface area contributed by atoms with Crippen molar-refractivity contribution in [1.82, 2.24) is 0 Å². The number of hydrogen-bond acceptors (Lipinski definition) is 1. The summed E-state index contributed by atoms with van der Waals surface area (Å²) in [5, 5.41) is 2.66. The van der Waals surface area contributed by atoms with Gasteiger partial charge in [-0.1, -0.05) is 92.9 Å². The van der Waals surface area contributed by atoms with Gasteiger partial charge in [0.05, 0.1) is 6.10 Å². The average molecular weight is 375 g/mol. The molecule has 2 heteroatoms. The molecule has 2 aromatic carbocycles. The lowest BCUT2D eigenvalue weighted by molar-refractivity contribution is 0.173. The fourth-order valence-electron chi connectivity index (χ4n) is 4.26. The van der Waals surface area contributed by atoms with Crippen LogP contribution in [0.15, 0.2) is 71.8 Å². The maximum Gasteiger partial charge on any atom is 0.261 e. The molecule has 0 fully saturated rings. The zero-order valence-corrected chi connectivity index (χ0v) is 18.0. The molecule has 1 nitrogen and oxygen atoms in total. The van der Waals surface area contributed by atoms with E-state index in [1.165, 1.54) is 15.9 Å². The lowest BCUT2D eigenvalue weighted by Gasteiger charge is -2.46. The lowest BCUT2D eigenvalue weighted by Crippen LogP contribution is -2.67. The fourth-order valence-corrected chi connectivity index (χ4v) is 8.97. The van der Waals surface area contributed by atoms with Gasteiger partial charge < -0.3 is 4.43 Å². The molecule has 0 saturated carbocycles. The van der Waals surface area contributed by atoms with E-state index in [0.717, 1.165) is 24.8 Å². The average Bonchev–Trinajstić information content (AvgIpc) is 2.67. The number of hydrogen-bond donors (Lipinski definition) is 0. The van der Waals surface area contributed by atoms with Crippen LogP contribution >= 0.6 is 0 Å². The summed E-state index contributed by atoms with van der Waals surface area (Å²) in [7, 11) is -2.49. The van der Waals surface area contributed by atoms with Crippen molar-refractivity contribution in [3.63, 3.8) is 0 Å². The van der Waals surface area contributed by atoms with Crippen LogP contribution in [0.2, 0.25) is 5.04 Å². The first kappa shape index (κ1) is 19.7. The smallest absolute Gasteiger partial charge is 0.261 e. The molecule has 0 N–H and O–H groups in total. The van der Waals surface area contributed by atoms with E-state index in [1.807, 2.05) is 0 Å². The number of allylic oxidation sites excluding steroid dienone is 1. The van der Waals surface area contributed by atoms with Crippen molar-refractivity contribution in [2.45, 2.75) is 58.1 Å². The molecule has 1 aliphatic rings. The van der Waals surface area contributed by atoms with Gasteiger partial charge in [0.2, 0.25) is 0 Å². The van der Waals surface area contributed by atoms with Crippen LogP contribution < -0.4 is 10.4 Å². The van der Waals surface area contributed by atoms with Crippen LogP contribution in [0.1, 0.15) is 47.0 Å². The van der Waals surface area contributed by atoms with Gasteiger partial charge in [-0.2, -0.15) is 0 Å². The highest BCUT2D eigenvalue weighted by Gasteiger charge is 2.51. The van der Waals surface area contributed by atoms with E-state index in [1.54, 1.807) is 0 Å². The zero-order valence-electron chi connectivity index (χ0n) is 17.0. The van der Waals surface area contributed by atoms with Gasteiger partial charge in [0, 0.05) is 12.0 Å². The topological polar surface area (TPSA) is 9.23 Å². The van der Waals surface area contributed by atoms with Gasteiger partial charge in [-0.05, 0) is 35.2 Å². The Kier molecular flexibility index (Phi) is 5.74. The van der Waals surface area contributed by atoms with Gasteiger partial charge in [-0.25, -0.2) is 0 Å². The minimum atomic E-state index is -2.49. The first-order valence-electron chi connectivity index (χ1n) is 9.82. The Morgan fingerprint density at radius 3 is 1.93 bits per heavy atom. The van der Waals surface area contributed by atoms with Crippen LogP contribution in [0.25, 0.3) is 0 Å². The second-order valence-corrected chi connectivity index (χ2v) is 12.8. The molecule has 0 heterocycles. The Morgan fingerprint density at radius 2 is 1.48 bits per heavy atom. The molecule has 0 saturated heterocycles. The summed E-state index contributed by atoms with van der Waals surface area (Å²) in [5.41, 5.74) is 2.48. The van der Waals surface area contributed by atoms with Crippen molar-refractivity contribution in [3.05, 3.63) is 71.8 Å². The van der Waals surface area contributed by atoms with E-state index in [4.69, 9.17) is 10.8 Å². The molecule has 3 rings (SSSR count). The van der Waals surface area contributed by atoms with Crippen molar-refractivity contribution >= 4 is 18.7 Å². The summed E-state index contributed by atoms with van der Waals surface area (Å²) < 4.78 is 7.21. The van der Waals surface area contributed by atoms with Gasteiger partial charge in [0.1, 0.15) is 0 Å². The Balaban J connectivity index is 2.12. The van der Waals surface area contributed by atoms with Crippen molar-refractivity contribution < 1.29 is 4.43 Å². The van der Waals surface area contributed by atoms with E-state index in [-0.39, 0.29) is 11.1 Å². The predicted octanol–water partition coefficient (Wildman–Crippen LogP) is 5.07. The van der Waals surface area contributed by atoms with Gasteiger partial charge >= 0.3 is 0 Å². The molecular formula is C25H30OSi. The maximum atomic E-state index is 7.21. The number of terminal acetylenes is 1. The Morgan fingerprint density at radius 1 is 0.963 bits per heavy atom. The van der Waals surface area contributed by atoms with E-state index in [0.29, 0.717) is 0 Å². The van der Waals surface area contributed by atoms with Crippen molar-refractivity contribution in [1.29, 1.82) is 0 Å². The summed E-state index contributed by atoms with van der Waals surface area (Å²) in [4.78, 5) is 0. The van der Waals surface area contributed by atoms with Gasteiger partial charge in [-0.15, -0.1) is 6.42 Å². The predicted molar refractivity (Wildman–Crippen MR) is 118 cm³/mol. The second-order valence-electron chi connectivity index (χ2n) is 8.55. The Hall–Kier alpha value is -2.08. The van der Waals surface area contributed by atoms with Crippen LogP contribution in [-0.4, -0.2) is 14.4 Å². The van der Waals surface area contributed by atoms with Gasteiger partial charge in [0.15, 0.2) is 0 Å². The quantitative estimate of drug-likeness (QED) is 0.536. The molecule has 1 unspecified atom stereocenters. The SMILES string of the molecule is C#CC1=C(C)CCC(O[Si](c2ccccc2)(c2ccccc2)C(C)(C)C)C1. The molecule has 0 amide bonds. The first-order chi connectivity index (χ1) is 12.9. The molecule has 1 aliphatic carbocycles. The second kappa shape index (κ2) is 7.88. The van der Waals surface area contributed by atoms with Crippen LogP contribution in [0, 0.1) is 12.3 Å². The highest BCUT2D eigenvalue weighted by molar-refractivity contribution is 6.99. The van der Waals surface area contributed by atoms with E-state index < -0.39 is 8.32 Å². The van der Waals surface area contributed by atoms with Crippen molar-refractivity contribution in [2.75, 3.05) is 0 Å². The minimum Gasteiger partial charge on any atom is -0.404 e. The van der Waals surface area contributed by atoms with Crippen LogP contribution in [-0.2, 0) is 4.43 Å². The summed E-state index contributed by atoms with van der Waals surface area (Å²) in [6.07, 6.45) is 8.88. The highest BCUT2D eigenvalue weighted by atomic mass is 28.4. The summed E-state index contributed by atoms with van der Waals surface area (Å²) in [6, 6.07) is 21.7. The molecule has 27 heavy (non-hydrogen) atoms. The molecule has 140 valence electrons. The largest absolute Gasteiger partial charge is 0.404 e. The van der Waals surface area contributed by atoms with Gasteiger partial charge in [-0.3, -0.25) is 0 Å². The molecular weight excluding hydrogens is 344 g/mol. The molecule has 0 bridgehead atoms. The third kappa shape index (κ3) is 3.81. The van der Waals surface area contributed by atoms with Gasteiger partial charge in [0.25, 0.3) is 8.32 Å². The molecule has 2 aromatic rings. The maximum absolute atomic E-state index is 7.21. The minimum absolute atomic E-state index is 0.00220. The Labute approximate surface area is 165 Å². The normalized spacial score (nSPS) is 18.3. The van der Waals surface area contributed by atoms with E-state index >= 15 is 0 Å². The van der Waals surface area contributed by atoms with E-state index in [2.05, 4.69) is 94.3 Å². The standard InChI is InChI=1S/C25H30OSi/c1-6-21-19-22(18-17-20(21)2)26-27(25(3,4)5,23-13-9-7-10-14-23)24-15-11-8-12-16-24/h1,7-16,22H,17-19H2,2-5H3. The third-order valence-electron chi connectivity index (χ3n) is 5.72. The van der Waals surface area contributed by atoms with Crippen LogP contribution in [0.3, 0.4) is 0 Å². The van der Waals surface area contributed by atoms with Crippen LogP contribution in [0.4, 0.5) is 0 Å². The Bertz CT molecular complexity index is 798. The number of rotatable bonds is 4. The summed E-state index contributed by atoms with van der Waals surface area (Å²) >= 11 is 0. The van der Waals surface area contributed by atoms with Crippen molar-refractivity contribution in [3.8, 4) is 12.3 Å². The monoisotopic (exact) mass is 374 g/mol. The third-order valence-corrected chi connectivity index (χ3v) is 10.8. The molecule has 1 atom stereocenters. The first-order valence-corrected chi connectivity index (χ1v) is 11.7. The highest BCUT2D eigenvalue weighted by Crippen LogP contribution is 2.39. The zero-order chi connectivity index (χ0) is 19.5. The lowest BCUT2D eigenvalue weighted by atomic mass is 9.91. The van der Waals surface area contributed by atoms with E-state index in [9.17, 15) is 0 Å². The number of benzene rings is 2. The van der Waals surface area contributed by atoms with Crippen molar-refractivity contribution in [2.24, 2.45) is 0 Å². The molecule has 0 radical (unpaired) electrons. The summed E-state index contributed by atoms with van der Waals surface area (Å²) in [6.45, 7) is 9.13.